The Kier molecular flexibility index (Phi) is 2.97. The quantitative estimate of drug-likeness (QED) is 0.760. The third kappa shape index (κ3) is 2.20. The Morgan fingerprint density at radius 1 is 1.11 bits per heavy atom. The minimum atomic E-state index is -0.751. The first-order valence-corrected chi connectivity index (χ1v) is 6.19. The van der Waals surface area contributed by atoms with E-state index in [9.17, 15) is 5.11 Å². The first-order chi connectivity index (χ1) is 9.25. The molecule has 0 aliphatic rings. The topological polar surface area (TPSA) is 46.0 Å². The molecule has 0 amide bonds. The van der Waals surface area contributed by atoms with E-state index < -0.39 is 6.10 Å². The summed E-state index contributed by atoms with van der Waals surface area (Å²) in [6, 6.07) is 11.8. The Balaban J connectivity index is 2.14. The normalized spacial score (nSPS) is 12.5. The van der Waals surface area contributed by atoms with Crippen molar-refractivity contribution in [2.45, 2.75) is 13.0 Å². The van der Waals surface area contributed by atoms with E-state index in [1.54, 1.807) is 18.6 Å². The summed E-state index contributed by atoms with van der Waals surface area (Å²) in [5, 5.41) is 12.6. The summed E-state index contributed by atoms with van der Waals surface area (Å²) in [5.74, 6) is 0. The van der Waals surface area contributed by atoms with Crippen LogP contribution in [-0.2, 0) is 0 Å². The molecule has 3 aromatic rings. The second kappa shape index (κ2) is 4.78. The van der Waals surface area contributed by atoms with Crippen LogP contribution in [0, 0.1) is 6.92 Å². The van der Waals surface area contributed by atoms with E-state index in [0.29, 0.717) is 5.69 Å². The van der Waals surface area contributed by atoms with Gasteiger partial charge in [0.25, 0.3) is 0 Å². The monoisotopic (exact) mass is 250 g/mol. The number of benzene rings is 1. The van der Waals surface area contributed by atoms with Crippen LogP contribution in [0.3, 0.4) is 0 Å². The van der Waals surface area contributed by atoms with Crippen LogP contribution in [0.25, 0.3) is 10.8 Å². The highest BCUT2D eigenvalue weighted by Gasteiger charge is 2.15. The molecule has 19 heavy (non-hydrogen) atoms. The molecule has 3 rings (SSSR count). The van der Waals surface area contributed by atoms with Crippen molar-refractivity contribution in [2.24, 2.45) is 0 Å². The fourth-order valence-corrected chi connectivity index (χ4v) is 2.25. The Bertz CT molecular complexity index is 719. The number of aromatic nitrogens is 2. The maximum atomic E-state index is 10.5. The van der Waals surface area contributed by atoms with Crippen molar-refractivity contribution in [3.63, 3.8) is 0 Å². The zero-order valence-corrected chi connectivity index (χ0v) is 10.6. The molecule has 0 spiro atoms. The number of nitrogens with zero attached hydrogens (tertiary/aromatic N) is 2. The molecule has 2 heterocycles. The summed E-state index contributed by atoms with van der Waals surface area (Å²) in [4.78, 5) is 8.46. The van der Waals surface area contributed by atoms with Crippen molar-refractivity contribution in [3.05, 3.63) is 71.8 Å². The summed E-state index contributed by atoms with van der Waals surface area (Å²) in [6.07, 6.45) is 4.43. The average Bonchev–Trinajstić information content (AvgIpc) is 2.46. The first-order valence-electron chi connectivity index (χ1n) is 6.19. The number of hydrogen-bond donors (Lipinski definition) is 1. The first kappa shape index (κ1) is 11.8. The molecule has 1 aromatic carbocycles. The highest BCUT2D eigenvalue weighted by molar-refractivity contribution is 5.84. The standard InChI is InChI=1S/C16H14N2O/c1-11-8-13(10-17-9-11)16(19)15-14-5-3-2-4-12(14)6-7-18-15/h2-10,16,19H,1H3. The van der Waals surface area contributed by atoms with Crippen LogP contribution in [-0.4, -0.2) is 15.1 Å². The molecule has 0 bridgehead atoms. The molecule has 0 aliphatic carbocycles. The molecule has 0 aliphatic heterocycles. The lowest BCUT2D eigenvalue weighted by Gasteiger charge is -2.13. The van der Waals surface area contributed by atoms with Gasteiger partial charge in [-0.25, -0.2) is 0 Å². The molecule has 0 saturated carbocycles. The molecular formula is C16H14N2O. The Labute approximate surface area is 111 Å². The minimum absolute atomic E-state index is 0.672. The van der Waals surface area contributed by atoms with Gasteiger partial charge >= 0.3 is 0 Å². The largest absolute Gasteiger partial charge is 0.382 e. The molecule has 1 N–H and O–H groups in total. The van der Waals surface area contributed by atoms with E-state index in [4.69, 9.17) is 0 Å². The van der Waals surface area contributed by atoms with Crippen LogP contribution in [0.4, 0.5) is 0 Å². The molecule has 3 nitrogen and oxygen atoms in total. The molecular weight excluding hydrogens is 236 g/mol. The summed E-state index contributed by atoms with van der Waals surface area (Å²) >= 11 is 0. The Hall–Kier alpha value is -2.26. The SMILES string of the molecule is Cc1cncc(C(O)c2nccc3ccccc23)c1. The van der Waals surface area contributed by atoms with Gasteiger partial charge in [-0.05, 0) is 23.9 Å². The van der Waals surface area contributed by atoms with E-state index in [1.165, 1.54) is 0 Å². The van der Waals surface area contributed by atoms with Gasteiger partial charge in [0.05, 0.1) is 5.69 Å². The number of rotatable bonds is 2. The Morgan fingerprint density at radius 3 is 2.79 bits per heavy atom. The molecule has 0 fully saturated rings. The van der Waals surface area contributed by atoms with Gasteiger partial charge in [-0.1, -0.05) is 30.3 Å². The molecule has 1 atom stereocenters. The zero-order chi connectivity index (χ0) is 13.2. The van der Waals surface area contributed by atoms with E-state index in [0.717, 1.165) is 21.9 Å². The number of aliphatic hydroxyl groups excluding tert-OH is 1. The van der Waals surface area contributed by atoms with Crippen molar-refractivity contribution in [1.82, 2.24) is 9.97 Å². The van der Waals surface area contributed by atoms with Gasteiger partial charge in [0.2, 0.25) is 0 Å². The molecule has 0 radical (unpaired) electrons. The van der Waals surface area contributed by atoms with Crippen molar-refractivity contribution in [2.75, 3.05) is 0 Å². The molecule has 0 saturated heterocycles. The highest BCUT2D eigenvalue weighted by atomic mass is 16.3. The van der Waals surface area contributed by atoms with E-state index in [1.807, 2.05) is 43.3 Å². The van der Waals surface area contributed by atoms with Gasteiger partial charge in [0.1, 0.15) is 6.10 Å². The van der Waals surface area contributed by atoms with Gasteiger partial charge in [0, 0.05) is 29.5 Å². The Morgan fingerprint density at radius 2 is 1.95 bits per heavy atom. The van der Waals surface area contributed by atoms with E-state index >= 15 is 0 Å². The number of aliphatic hydroxyl groups is 1. The van der Waals surface area contributed by atoms with Gasteiger partial charge < -0.3 is 5.11 Å². The summed E-state index contributed by atoms with van der Waals surface area (Å²) < 4.78 is 0. The predicted molar refractivity (Wildman–Crippen MR) is 74.8 cm³/mol. The maximum absolute atomic E-state index is 10.5. The zero-order valence-electron chi connectivity index (χ0n) is 10.6. The molecule has 2 aromatic heterocycles. The molecule has 3 heteroatoms. The van der Waals surface area contributed by atoms with E-state index in [2.05, 4.69) is 9.97 Å². The summed E-state index contributed by atoms with van der Waals surface area (Å²) in [6.45, 7) is 1.96. The average molecular weight is 250 g/mol. The second-order valence-electron chi connectivity index (χ2n) is 4.62. The predicted octanol–water partition coefficient (Wildman–Crippen LogP) is 3.02. The smallest absolute Gasteiger partial charge is 0.123 e. The summed E-state index contributed by atoms with van der Waals surface area (Å²) in [7, 11) is 0. The van der Waals surface area contributed by atoms with Crippen LogP contribution in [0.2, 0.25) is 0 Å². The van der Waals surface area contributed by atoms with E-state index in [-0.39, 0.29) is 0 Å². The third-order valence-electron chi connectivity index (χ3n) is 3.18. The van der Waals surface area contributed by atoms with Crippen molar-refractivity contribution < 1.29 is 5.11 Å². The van der Waals surface area contributed by atoms with Crippen LogP contribution in [0.15, 0.2) is 55.0 Å². The maximum Gasteiger partial charge on any atom is 0.123 e. The van der Waals surface area contributed by atoms with Crippen LogP contribution < -0.4 is 0 Å². The van der Waals surface area contributed by atoms with Crippen molar-refractivity contribution >= 4 is 10.8 Å². The number of aryl methyl sites for hydroxylation is 1. The van der Waals surface area contributed by atoms with Crippen molar-refractivity contribution in [3.8, 4) is 0 Å². The minimum Gasteiger partial charge on any atom is -0.382 e. The summed E-state index contributed by atoms with van der Waals surface area (Å²) in [5.41, 5.74) is 2.46. The lowest BCUT2D eigenvalue weighted by Crippen LogP contribution is -2.04. The van der Waals surface area contributed by atoms with Crippen LogP contribution >= 0.6 is 0 Å². The van der Waals surface area contributed by atoms with Crippen molar-refractivity contribution in [1.29, 1.82) is 0 Å². The van der Waals surface area contributed by atoms with Gasteiger partial charge in [-0.15, -0.1) is 0 Å². The fraction of sp³-hybridized carbons (Fsp3) is 0.125. The van der Waals surface area contributed by atoms with Crippen LogP contribution in [0.1, 0.15) is 22.9 Å². The highest BCUT2D eigenvalue weighted by Crippen LogP contribution is 2.26. The number of pyridine rings is 2. The lowest BCUT2D eigenvalue weighted by atomic mass is 10.0. The van der Waals surface area contributed by atoms with Gasteiger partial charge in [-0.2, -0.15) is 0 Å². The van der Waals surface area contributed by atoms with Gasteiger partial charge in [-0.3, -0.25) is 9.97 Å². The lowest BCUT2D eigenvalue weighted by molar-refractivity contribution is 0.216. The number of fused-ring (bicyclic) bond motifs is 1. The number of hydrogen-bond acceptors (Lipinski definition) is 3. The fourth-order valence-electron chi connectivity index (χ4n) is 2.25. The van der Waals surface area contributed by atoms with Gasteiger partial charge in [0.15, 0.2) is 0 Å². The third-order valence-corrected chi connectivity index (χ3v) is 3.18. The van der Waals surface area contributed by atoms with Crippen LogP contribution in [0.5, 0.6) is 0 Å². The molecule has 1 unspecified atom stereocenters. The molecule has 94 valence electrons. The second-order valence-corrected chi connectivity index (χ2v) is 4.62.